The molecule has 0 heterocycles. The summed E-state index contributed by atoms with van der Waals surface area (Å²) in [5.41, 5.74) is 1.60. The van der Waals surface area contributed by atoms with Crippen LogP contribution in [0.4, 0.5) is 0 Å². The van der Waals surface area contributed by atoms with Gasteiger partial charge in [0.05, 0.1) is 5.60 Å². The van der Waals surface area contributed by atoms with Crippen LogP contribution in [0.1, 0.15) is 37.8 Å². The Hall–Kier alpha value is -0.860. The Balaban J connectivity index is 2.72. The predicted molar refractivity (Wildman–Crippen MR) is 61.9 cm³/mol. The molecule has 0 aliphatic heterocycles. The Morgan fingerprint density at radius 1 is 1.20 bits per heavy atom. The van der Waals surface area contributed by atoms with E-state index in [1.165, 1.54) is 0 Å². The van der Waals surface area contributed by atoms with Gasteiger partial charge in [0.2, 0.25) is 0 Å². The van der Waals surface area contributed by atoms with Gasteiger partial charge in [-0.3, -0.25) is 0 Å². The highest BCUT2D eigenvalue weighted by molar-refractivity contribution is 5.25. The van der Waals surface area contributed by atoms with Crippen LogP contribution in [-0.4, -0.2) is 22.4 Å². The van der Waals surface area contributed by atoms with Crippen LogP contribution in [-0.2, 0) is 6.42 Å². The number of aliphatic hydroxyl groups is 2. The van der Waals surface area contributed by atoms with E-state index in [-0.39, 0.29) is 12.5 Å². The highest BCUT2D eigenvalue weighted by Crippen LogP contribution is 2.17. The molecular formula is C13H20O2. The molecule has 2 N–H and O–H groups in total. The summed E-state index contributed by atoms with van der Waals surface area (Å²) < 4.78 is 0. The predicted octanol–water partition coefficient (Wildman–Crippen LogP) is 2.10. The molecule has 2 heteroatoms. The lowest BCUT2D eigenvalue weighted by Crippen LogP contribution is -2.21. The fraction of sp³-hybridized carbons (Fsp3) is 0.538. The molecule has 0 aliphatic rings. The van der Waals surface area contributed by atoms with Crippen LogP contribution < -0.4 is 0 Å². The zero-order valence-electron chi connectivity index (χ0n) is 9.70. The monoisotopic (exact) mass is 208 g/mol. The van der Waals surface area contributed by atoms with Crippen molar-refractivity contribution in [1.82, 2.24) is 0 Å². The lowest BCUT2D eigenvalue weighted by Gasteiger charge is -2.17. The Bertz CT molecular complexity index is 295. The maximum absolute atomic E-state index is 9.66. The van der Waals surface area contributed by atoms with E-state index in [4.69, 9.17) is 5.11 Å². The maximum Gasteiger partial charge on any atom is 0.0631 e. The standard InChI is InChI=1S/C13H20O2/c1-10(9-14)12-6-4-11(5-7-12)8-13(2,3)15/h4-7,10,14-15H,8-9H2,1-3H3. The average molecular weight is 208 g/mol. The molecule has 15 heavy (non-hydrogen) atoms. The quantitative estimate of drug-likeness (QED) is 0.795. The molecule has 0 saturated carbocycles. The fourth-order valence-corrected chi connectivity index (χ4v) is 1.57. The van der Waals surface area contributed by atoms with Crippen LogP contribution in [0.2, 0.25) is 0 Å². The molecule has 2 nitrogen and oxygen atoms in total. The van der Waals surface area contributed by atoms with E-state index in [1.54, 1.807) is 13.8 Å². The Morgan fingerprint density at radius 3 is 2.13 bits per heavy atom. The van der Waals surface area contributed by atoms with Gasteiger partial charge in [-0.05, 0) is 25.0 Å². The van der Waals surface area contributed by atoms with Gasteiger partial charge in [0.1, 0.15) is 0 Å². The second-order valence-electron chi connectivity index (χ2n) is 4.81. The average Bonchev–Trinajstić information content (AvgIpc) is 2.15. The van der Waals surface area contributed by atoms with Gasteiger partial charge in [0.25, 0.3) is 0 Å². The topological polar surface area (TPSA) is 40.5 Å². The first kappa shape index (κ1) is 12.2. The number of aliphatic hydroxyl groups excluding tert-OH is 1. The summed E-state index contributed by atoms with van der Waals surface area (Å²) in [7, 11) is 0. The van der Waals surface area contributed by atoms with Crippen molar-refractivity contribution in [2.75, 3.05) is 6.61 Å². The molecule has 0 fully saturated rings. The number of rotatable bonds is 4. The smallest absolute Gasteiger partial charge is 0.0631 e. The van der Waals surface area contributed by atoms with Gasteiger partial charge in [0.15, 0.2) is 0 Å². The van der Waals surface area contributed by atoms with Crippen molar-refractivity contribution in [1.29, 1.82) is 0 Å². The minimum absolute atomic E-state index is 0.171. The van der Waals surface area contributed by atoms with E-state index in [0.717, 1.165) is 11.1 Å². The van der Waals surface area contributed by atoms with Gasteiger partial charge in [-0.2, -0.15) is 0 Å². The summed E-state index contributed by atoms with van der Waals surface area (Å²) in [5, 5.41) is 18.7. The van der Waals surface area contributed by atoms with Crippen LogP contribution in [0.3, 0.4) is 0 Å². The number of hydrogen-bond acceptors (Lipinski definition) is 2. The lowest BCUT2D eigenvalue weighted by atomic mass is 9.95. The summed E-state index contributed by atoms with van der Waals surface area (Å²) in [5.74, 6) is 0.182. The lowest BCUT2D eigenvalue weighted by molar-refractivity contribution is 0.0810. The van der Waals surface area contributed by atoms with Crippen molar-refractivity contribution >= 4 is 0 Å². The van der Waals surface area contributed by atoms with Gasteiger partial charge in [-0.15, -0.1) is 0 Å². The molecule has 0 radical (unpaired) electrons. The Labute approximate surface area is 91.6 Å². The van der Waals surface area contributed by atoms with Crippen LogP contribution in [0.15, 0.2) is 24.3 Å². The second-order valence-corrected chi connectivity index (χ2v) is 4.81. The molecule has 0 aromatic heterocycles. The zero-order valence-corrected chi connectivity index (χ0v) is 9.70. The fourth-order valence-electron chi connectivity index (χ4n) is 1.57. The van der Waals surface area contributed by atoms with Crippen molar-refractivity contribution in [2.45, 2.75) is 38.7 Å². The van der Waals surface area contributed by atoms with E-state index in [2.05, 4.69) is 0 Å². The van der Waals surface area contributed by atoms with Gasteiger partial charge in [-0.1, -0.05) is 31.2 Å². The summed E-state index contributed by atoms with van der Waals surface area (Å²) >= 11 is 0. The Kier molecular flexibility index (Phi) is 3.89. The van der Waals surface area contributed by atoms with Crippen LogP contribution in [0.5, 0.6) is 0 Å². The van der Waals surface area contributed by atoms with Crippen LogP contribution in [0, 0.1) is 0 Å². The van der Waals surface area contributed by atoms with Crippen molar-refractivity contribution in [3.63, 3.8) is 0 Å². The summed E-state index contributed by atoms with van der Waals surface area (Å²) in [6, 6.07) is 8.06. The zero-order chi connectivity index (χ0) is 11.5. The molecule has 1 aromatic rings. The van der Waals surface area contributed by atoms with Gasteiger partial charge >= 0.3 is 0 Å². The molecule has 1 rings (SSSR count). The van der Waals surface area contributed by atoms with Gasteiger partial charge in [0, 0.05) is 18.9 Å². The molecule has 0 bridgehead atoms. The molecule has 1 atom stereocenters. The van der Waals surface area contributed by atoms with Crippen molar-refractivity contribution in [3.8, 4) is 0 Å². The first-order chi connectivity index (χ1) is 6.92. The highest BCUT2D eigenvalue weighted by Gasteiger charge is 2.13. The number of hydrogen-bond donors (Lipinski definition) is 2. The minimum atomic E-state index is -0.663. The molecule has 0 spiro atoms. The molecule has 0 saturated heterocycles. The molecule has 1 unspecified atom stereocenters. The van der Waals surface area contributed by atoms with Crippen molar-refractivity contribution in [2.24, 2.45) is 0 Å². The minimum Gasteiger partial charge on any atom is -0.396 e. The molecule has 0 amide bonds. The van der Waals surface area contributed by atoms with Gasteiger partial charge in [-0.25, -0.2) is 0 Å². The van der Waals surface area contributed by atoms with E-state index in [0.29, 0.717) is 6.42 Å². The summed E-state index contributed by atoms with van der Waals surface area (Å²) in [6.07, 6.45) is 0.654. The van der Waals surface area contributed by atoms with Crippen molar-refractivity contribution < 1.29 is 10.2 Å². The second kappa shape index (κ2) is 4.77. The summed E-state index contributed by atoms with van der Waals surface area (Å²) in [4.78, 5) is 0. The summed E-state index contributed by atoms with van der Waals surface area (Å²) in [6.45, 7) is 5.77. The van der Waals surface area contributed by atoms with E-state index in [1.807, 2.05) is 31.2 Å². The third-order valence-corrected chi connectivity index (χ3v) is 2.46. The van der Waals surface area contributed by atoms with E-state index in [9.17, 15) is 5.11 Å². The van der Waals surface area contributed by atoms with Crippen LogP contribution >= 0.6 is 0 Å². The first-order valence-corrected chi connectivity index (χ1v) is 5.34. The normalized spacial score (nSPS) is 13.9. The van der Waals surface area contributed by atoms with Gasteiger partial charge < -0.3 is 10.2 Å². The number of benzene rings is 1. The third-order valence-electron chi connectivity index (χ3n) is 2.46. The maximum atomic E-state index is 9.66. The highest BCUT2D eigenvalue weighted by atomic mass is 16.3. The van der Waals surface area contributed by atoms with Crippen LogP contribution in [0.25, 0.3) is 0 Å². The molecule has 0 aliphatic carbocycles. The van der Waals surface area contributed by atoms with E-state index < -0.39 is 5.60 Å². The molecular weight excluding hydrogens is 188 g/mol. The first-order valence-electron chi connectivity index (χ1n) is 5.34. The van der Waals surface area contributed by atoms with Crippen molar-refractivity contribution in [3.05, 3.63) is 35.4 Å². The Morgan fingerprint density at radius 2 is 1.73 bits per heavy atom. The van der Waals surface area contributed by atoms with E-state index >= 15 is 0 Å². The SMILES string of the molecule is CC(CO)c1ccc(CC(C)(C)O)cc1. The largest absolute Gasteiger partial charge is 0.396 e. The molecule has 1 aromatic carbocycles. The third kappa shape index (κ3) is 4.02. The molecule has 84 valence electrons.